The van der Waals surface area contributed by atoms with Crippen molar-refractivity contribution < 1.29 is 31.9 Å². The highest BCUT2D eigenvalue weighted by atomic mass is 19.4. The number of esters is 1. The first-order chi connectivity index (χ1) is 13.2. The van der Waals surface area contributed by atoms with Crippen molar-refractivity contribution in [3.8, 4) is 0 Å². The lowest BCUT2D eigenvalue weighted by Crippen LogP contribution is -2.37. The van der Waals surface area contributed by atoms with Gasteiger partial charge in [0.1, 0.15) is 12.4 Å². The molecule has 2 aromatic rings. The molecular weight excluding hydrogens is 378 g/mol. The van der Waals surface area contributed by atoms with Gasteiger partial charge in [0.05, 0.1) is 18.6 Å². The maximum absolute atomic E-state index is 13.0. The smallest absolute Gasteiger partial charge is 0.416 e. The lowest BCUT2D eigenvalue weighted by molar-refractivity contribution is -0.149. The van der Waals surface area contributed by atoms with Crippen LogP contribution in [0.5, 0.6) is 0 Å². The molecule has 150 valence electrons. The Labute approximate surface area is 159 Å². The van der Waals surface area contributed by atoms with Gasteiger partial charge in [0.15, 0.2) is 0 Å². The first kappa shape index (κ1) is 21.4. The molecule has 0 aromatic heterocycles. The Bertz CT molecular complexity index is 802. The van der Waals surface area contributed by atoms with Crippen LogP contribution < -0.4 is 0 Å². The zero-order valence-electron chi connectivity index (χ0n) is 15.1. The fourth-order valence-electron chi connectivity index (χ4n) is 2.50. The second kappa shape index (κ2) is 9.34. The molecule has 0 unspecified atom stereocenters. The summed E-state index contributed by atoms with van der Waals surface area (Å²) >= 11 is 0. The van der Waals surface area contributed by atoms with Crippen molar-refractivity contribution in [2.75, 3.05) is 13.2 Å². The first-order valence-electron chi connectivity index (χ1n) is 8.53. The van der Waals surface area contributed by atoms with Gasteiger partial charge in [-0.15, -0.1) is 0 Å². The predicted octanol–water partition coefficient (Wildman–Crippen LogP) is 3.98. The van der Waals surface area contributed by atoms with Crippen LogP contribution in [0.3, 0.4) is 0 Å². The van der Waals surface area contributed by atoms with Crippen molar-refractivity contribution in [1.82, 2.24) is 4.90 Å². The highest BCUT2D eigenvalue weighted by Gasteiger charge is 2.30. The highest BCUT2D eigenvalue weighted by Crippen LogP contribution is 2.29. The third-order valence-electron chi connectivity index (χ3n) is 3.90. The van der Waals surface area contributed by atoms with Crippen LogP contribution >= 0.6 is 0 Å². The van der Waals surface area contributed by atoms with E-state index < -0.39 is 29.4 Å². The van der Waals surface area contributed by atoms with Crippen LogP contribution in [0.15, 0.2) is 48.5 Å². The van der Waals surface area contributed by atoms with E-state index in [1.807, 2.05) is 0 Å². The Morgan fingerprint density at radius 2 is 1.54 bits per heavy atom. The summed E-state index contributed by atoms with van der Waals surface area (Å²) in [4.78, 5) is 25.6. The number of alkyl halides is 3. The van der Waals surface area contributed by atoms with Gasteiger partial charge in [-0.05, 0) is 42.3 Å². The van der Waals surface area contributed by atoms with Gasteiger partial charge >= 0.3 is 12.1 Å². The molecule has 0 saturated carbocycles. The van der Waals surface area contributed by atoms with Gasteiger partial charge in [-0.1, -0.05) is 24.3 Å². The number of nitrogens with zero attached hydrogens (tertiary/aromatic N) is 1. The van der Waals surface area contributed by atoms with Gasteiger partial charge in [0.2, 0.25) is 5.91 Å². The monoisotopic (exact) mass is 397 g/mol. The number of benzene rings is 2. The number of hydrogen-bond acceptors (Lipinski definition) is 3. The van der Waals surface area contributed by atoms with E-state index in [0.29, 0.717) is 11.1 Å². The van der Waals surface area contributed by atoms with Gasteiger partial charge in [0, 0.05) is 6.54 Å². The zero-order chi connectivity index (χ0) is 20.7. The van der Waals surface area contributed by atoms with E-state index in [4.69, 9.17) is 4.74 Å². The molecule has 2 rings (SSSR count). The molecule has 0 heterocycles. The molecule has 0 spiro atoms. The van der Waals surface area contributed by atoms with Crippen molar-refractivity contribution >= 4 is 11.9 Å². The Morgan fingerprint density at radius 1 is 0.964 bits per heavy atom. The van der Waals surface area contributed by atoms with Gasteiger partial charge in [-0.3, -0.25) is 9.59 Å². The quantitative estimate of drug-likeness (QED) is 0.525. The van der Waals surface area contributed by atoms with Crippen LogP contribution in [0.2, 0.25) is 0 Å². The van der Waals surface area contributed by atoms with Crippen LogP contribution in [0, 0.1) is 5.82 Å². The second-order valence-corrected chi connectivity index (χ2v) is 6.05. The van der Waals surface area contributed by atoms with Crippen molar-refractivity contribution in [3.05, 3.63) is 71.0 Å². The molecule has 28 heavy (non-hydrogen) atoms. The van der Waals surface area contributed by atoms with E-state index in [9.17, 15) is 27.2 Å². The Hall–Kier alpha value is -2.90. The van der Waals surface area contributed by atoms with Gasteiger partial charge in [-0.2, -0.15) is 13.2 Å². The molecular formula is C20H19F4NO3. The van der Waals surface area contributed by atoms with Crippen LogP contribution in [-0.2, 0) is 33.5 Å². The third-order valence-corrected chi connectivity index (χ3v) is 3.90. The molecule has 0 saturated heterocycles. The van der Waals surface area contributed by atoms with E-state index >= 15 is 0 Å². The van der Waals surface area contributed by atoms with E-state index in [2.05, 4.69) is 0 Å². The van der Waals surface area contributed by atoms with Crippen molar-refractivity contribution in [2.24, 2.45) is 0 Å². The summed E-state index contributed by atoms with van der Waals surface area (Å²) in [5.41, 5.74) is 0.184. The minimum absolute atomic E-state index is 0.0586. The molecule has 8 heteroatoms. The summed E-state index contributed by atoms with van der Waals surface area (Å²) in [5.74, 6) is -1.49. The average Bonchev–Trinajstić information content (AvgIpc) is 2.63. The molecule has 0 bridgehead atoms. The van der Waals surface area contributed by atoms with Crippen LogP contribution in [0.25, 0.3) is 0 Å². The number of amides is 1. The summed E-state index contributed by atoms with van der Waals surface area (Å²) < 4.78 is 55.9. The number of carbonyl (C=O) groups is 2. The summed E-state index contributed by atoms with van der Waals surface area (Å²) in [7, 11) is 0. The molecule has 0 fully saturated rings. The largest absolute Gasteiger partial charge is 0.465 e. The fourth-order valence-corrected chi connectivity index (χ4v) is 2.50. The average molecular weight is 397 g/mol. The van der Waals surface area contributed by atoms with E-state index in [0.717, 1.165) is 12.1 Å². The van der Waals surface area contributed by atoms with Crippen LogP contribution in [-0.4, -0.2) is 29.9 Å². The van der Waals surface area contributed by atoms with Crippen LogP contribution in [0.4, 0.5) is 17.6 Å². The molecule has 4 nitrogen and oxygen atoms in total. The summed E-state index contributed by atoms with van der Waals surface area (Å²) in [6.45, 7) is 1.36. The molecule has 0 atom stereocenters. The molecule has 1 amide bonds. The molecule has 0 N–H and O–H groups in total. The van der Waals surface area contributed by atoms with Gasteiger partial charge < -0.3 is 9.64 Å². The van der Waals surface area contributed by atoms with E-state index in [1.165, 1.54) is 41.3 Å². The lowest BCUT2D eigenvalue weighted by atomic mass is 10.1. The van der Waals surface area contributed by atoms with Gasteiger partial charge in [0.25, 0.3) is 0 Å². The zero-order valence-corrected chi connectivity index (χ0v) is 15.1. The predicted molar refractivity (Wildman–Crippen MR) is 93.6 cm³/mol. The third kappa shape index (κ3) is 6.37. The normalized spacial score (nSPS) is 11.2. The Balaban J connectivity index is 2.14. The molecule has 2 aromatic carbocycles. The first-order valence-corrected chi connectivity index (χ1v) is 8.53. The Kier molecular flexibility index (Phi) is 7.14. The minimum Gasteiger partial charge on any atom is -0.465 e. The summed E-state index contributed by atoms with van der Waals surface area (Å²) in [6.07, 6.45) is -4.54. The van der Waals surface area contributed by atoms with Crippen molar-refractivity contribution in [2.45, 2.75) is 26.1 Å². The Morgan fingerprint density at radius 3 is 2.07 bits per heavy atom. The molecule has 0 aliphatic carbocycles. The maximum atomic E-state index is 13.0. The summed E-state index contributed by atoms with van der Waals surface area (Å²) in [5, 5.41) is 0. The van der Waals surface area contributed by atoms with E-state index in [-0.39, 0.29) is 26.1 Å². The minimum atomic E-state index is -4.46. The summed E-state index contributed by atoms with van der Waals surface area (Å²) in [6, 6.07) is 9.69. The topological polar surface area (TPSA) is 46.6 Å². The lowest BCUT2D eigenvalue weighted by Gasteiger charge is -2.22. The molecule has 0 radical (unpaired) electrons. The van der Waals surface area contributed by atoms with E-state index in [1.54, 1.807) is 6.92 Å². The fraction of sp³-hybridized carbons (Fsp3) is 0.300. The molecule has 0 aliphatic heterocycles. The number of halogens is 4. The second-order valence-electron chi connectivity index (χ2n) is 6.05. The number of rotatable bonds is 7. The number of carbonyl (C=O) groups excluding carboxylic acids is 2. The van der Waals surface area contributed by atoms with Crippen molar-refractivity contribution in [1.29, 1.82) is 0 Å². The maximum Gasteiger partial charge on any atom is 0.416 e. The standard InChI is InChI=1S/C20H19F4NO3/c1-2-28-19(27)13-25(18(26)11-14-5-9-17(21)10-6-14)12-15-3-7-16(8-4-15)20(22,23)24/h3-10H,2,11-13H2,1H3. The number of hydrogen-bond donors (Lipinski definition) is 0. The SMILES string of the molecule is CCOC(=O)CN(Cc1ccc(C(F)(F)F)cc1)C(=O)Cc1ccc(F)cc1. The molecule has 0 aliphatic rings. The van der Waals surface area contributed by atoms with Crippen molar-refractivity contribution in [3.63, 3.8) is 0 Å². The highest BCUT2D eigenvalue weighted by molar-refractivity contribution is 5.83. The van der Waals surface area contributed by atoms with Crippen LogP contribution in [0.1, 0.15) is 23.6 Å². The number of ether oxygens (including phenoxy) is 1. The van der Waals surface area contributed by atoms with Gasteiger partial charge in [-0.25, -0.2) is 4.39 Å².